The van der Waals surface area contributed by atoms with Gasteiger partial charge in [-0.1, -0.05) is 0 Å². The smallest absolute Gasteiger partial charge is 0.269 e. The van der Waals surface area contributed by atoms with Gasteiger partial charge in [0.1, 0.15) is 5.69 Å². The van der Waals surface area contributed by atoms with Gasteiger partial charge in [-0.25, -0.2) is 18.3 Å². The van der Waals surface area contributed by atoms with E-state index in [9.17, 15) is 18.4 Å². The second-order valence-corrected chi connectivity index (χ2v) is 7.04. The van der Waals surface area contributed by atoms with Crippen LogP contribution in [-0.2, 0) is 17.9 Å². The molecule has 0 aliphatic heterocycles. The van der Waals surface area contributed by atoms with Crippen LogP contribution in [0.25, 0.3) is 5.65 Å². The Kier molecular flexibility index (Phi) is 6.70. The summed E-state index contributed by atoms with van der Waals surface area (Å²) in [5.41, 5.74) is 2.32. The first-order valence-electron chi connectivity index (χ1n) is 9.53. The van der Waals surface area contributed by atoms with Crippen LogP contribution in [0.15, 0.2) is 30.7 Å². The Bertz CT molecular complexity index is 1030. The molecule has 160 valence electrons. The third-order valence-electron chi connectivity index (χ3n) is 4.33. The molecule has 0 aromatic carbocycles. The van der Waals surface area contributed by atoms with Gasteiger partial charge in [-0.05, 0) is 31.5 Å². The van der Waals surface area contributed by atoms with Crippen molar-refractivity contribution in [2.75, 3.05) is 0 Å². The number of amides is 2. The summed E-state index contributed by atoms with van der Waals surface area (Å²) >= 11 is 0. The summed E-state index contributed by atoms with van der Waals surface area (Å²) < 4.78 is 27.5. The number of nitrogens with zero attached hydrogens (tertiary/aromatic N) is 5. The van der Waals surface area contributed by atoms with Crippen LogP contribution in [-0.4, -0.2) is 42.6 Å². The fourth-order valence-electron chi connectivity index (χ4n) is 2.84. The lowest BCUT2D eigenvalue weighted by Gasteiger charge is -2.10. The Morgan fingerprint density at radius 1 is 1.17 bits per heavy atom. The van der Waals surface area contributed by atoms with Gasteiger partial charge < -0.3 is 10.6 Å². The van der Waals surface area contributed by atoms with E-state index in [1.165, 1.54) is 0 Å². The van der Waals surface area contributed by atoms with Gasteiger partial charge >= 0.3 is 0 Å². The largest absolute Gasteiger partial charge is 0.352 e. The number of imidazole rings is 1. The normalized spacial score (nSPS) is 11.4. The van der Waals surface area contributed by atoms with Crippen molar-refractivity contribution in [3.63, 3.8) is 0 Å². The molecule has 11 heteroatoms. The Hall–Kier alpha value is -3.37. The minimum absolute atomic E-state index is 0.0643. The van der Waals surface area contributed by atoms with Gasteiger partial charge in [0, 0.05) is 31.6 Å². The first kappa shape index (κ1) is 21.3. The van der Waals surface area contributed by atoms with Crippen LogP contribution in [0, 0.1) is 0 Å². The lowest BCUT2D eigenvalue weighted by atomic mass is 10.2. The van der Waals surface area contributed by atoms with E-state index in [0.29, 0.717) is 22.6 Å². The van der Waals surface area contributed by atoms with Gasteiger partial charge in [-0.2, -0.15) is 10.2 Å². The average Bonchev–Trinajstić information content (AvgIpc) is 3.35. The number of halogens is 2. The molecular formula is C19H23F2N7O2. The third kappa shape index (κ3) is 5.37. The second kappa shape index (κ2) is 9.42. The van der Waals surface area contributed by atoms with Gasteiger partial charge in [0.05, 0.1) is 24.6 Å². The maximum Gasteiger partial charge on any atom is 0.269 e. The lowest BCUT2D eigenvalue weighted by Crippen LogP contribution is -2.26. The molecule has 9 nitrogen and oxygen atoms in total. The van der Waals surface area contributed by atoms with E-state index in [4.69, 9.17) is 0 Å². The van der Waals surface area contributed by atoms with Crippen molar-refractivity contribution in [1.82, 2.24) is 35.0 Å². The molecule has 3 aromatic heterocycles. The van der Waals surface area contributed by atoms with Gasteiger partial charge in [0.2, 0.25) is 12.3 Å². The van der Waals surface area contributed by atoms with E-state index in [2.05, 4.69) is 25.8 Å². The molecule has 0 aliphatic rings. The predicted molar refractivity (Wildman–Crippen MR) is 104 cm³/mol. The molecule has 0 atom stereocenters. The molecule has 30 heavy (non-hydrogen) atoms. The van der Waals surface area contributed by atoms with Crippen LogP contribution in [0.1, 0.15) is 54.5 Å². The fraction of sp³-hybridized carbons (Fsp3) is 0.421. The van der Waals surface area contributed by atoms with Crippen molar-refractivity contribution in [3.05, 3.63) is 47.7 Å². The van der Waals surface area contributed by atoms with E-state index >= 15 is 0 Å². The van der Waals surface area contributed by atoms with Gasteiger partial charge in [0.15, 0.2) is 5.65 Å². The fourth-order valence-corrected chi connectivity index (χ4v) is 2.84. The number of aromatic nitrogens is 5. The zero-order chi connectivity index (χ0) is 21.7. The molecule has 3 heterocycles. The second-order valence-electron chi connectivity index (χ2n) is 7.04. The minimum Gasteiger partial charge on any atom is -0.352 e. The van der Waals surface area contributed by atoms with Gasteiger partial charge in [0.25, 0.3) is 5.91 Å². The molecule has 0 bridgehead atoms. The Morgan fingerprint density at radius 3 is 2.70 bits per heavy atom. The molecule has 0 saturated carbocycles. The molecule has 0 saturated heterocycles. The van der Waals surface area contributed by atoms with Crippen LogP contribution in [0.3, 0.4) is 0 Å². The van der Waals surface area contributed by atoms with Crippen molar-refractivity contribution >= 4 is 17.5 Å². The summed E-state index contributed by atoms with van der Waals surface area (Å²) in [6, 6.07) is 3.46. The number of carbonyl (C=O) groups is 2. The monoisotopic (exact) mass is 419 g/mol. The number of carbonyl (C=O) groups excluding carboxylic acids is 2. The summed E-state index contributed by atoms with van der Waals surface area (Å²) in [5, 5.41) is 13.8. The molecule has 2 amide bonds. The van der Waals surface area contributed by atoms with E-state index in [-0.39, 0.29) is 31.5 Å². The minimum atomic E-state index is -2.50. The first-order chi connectivity index (χ1) is 14.3. The predicted octanol–water partition coefficient (Wildman–Crippen LogP) is 2.10. The number of nitrogens with one attached hydrogen (secondary N) is 2. The van der Waals surface area contributed by atoms with Crippen molar-refractivity contribution in [2.24, 2.45) is 0 Å². The highest BCUT2D eigenvalue weighted by Crippen LogP contribution is 2.10. The van der Waals surface area contributed by atoms with Gasteiger partial charge in [-0.3, -0.25) is 14.3 Å². The zero-order valence-corrected chi connectivity index (χ0v) is 16.7. The molecular weight excluding hydrogens is 396 g/mol. The molecule has 0 radical (unpaired) electrons. The average molecular weight is 419 g/mol. The Balaban J connectivity index is 1.58. The summed E-state index contributed by atoms with van der Waals surface area (Å²) in [5.74, 6) is -0.694. The highest BCUT2D eigenvalue weighted by molar-refractivity contribution is 5.92. The molecule has 0 aliphatic carbocycles. The highest BCUT2D eigenvalue weighted by atomic mass is 19.3. The maximum atomic E-state index is 12.4. The summed E-state index contributed by atoms with van der Waals surface area (Å²) in [7, 11) is 0. The number of rotatable bonds is 9. The quantitative estimate of drug-likeness (QED) is 0.553. The molecule has 2 N–H and O–H groups in total. The standard InChI is InChI=1S/C19H23F2N7O2/c1-12(2)28-15(5-6-24-28)19(30)23-10-14-11-27-17(26-14)7-13(9-25-27)8-22-18(29)4-3-16(20)21/h5-7,9,11-12,16H,3-4,8,10H2,1-2H3,(H,22,29)(H,23,30). The van der Waals surface area contributed by atoms with Crippen molar-refractivity contribution in [2.45, 2.75) is 52.2 Å². The van der Waals surface area contributed by atoms with Crippen LogP contribution in [0.2, 0.25) is 0 Å². The van der Waals surface area contributed by atoms with Crippen molar-refractivity contribution in [3.8, 4) is 0 Å². The van der Waals surface area contributed by atoms with Crippen molar-refractivity contribution < 1.29 is 18.4 Å². The summed E-state index contributed by atoms with van der Waals surface area (Å²) in [4.78, 5) is 28.4. The molecule has 0 unspecified atom stereocenters. The van der Waals surface area contributed by atoms with E-state index in [1.54, 1.807) is 39.9 Å². The first-order valence-corrected chi connectivity index (χ1v) is 9.53. The Morgan fingerprint density at radius 2 is 1.97 bits per heavy atom. The number of hydrogen-bond donors (Lipinski definition) is 2. The number of fused-ring (bicyclic) bond motifs is 1. The summed E-state index contributed by atoms with van der Waals surface area (Å²) in [6.07, 6.45) is 1.65. The zero-order valence-electron chi connectivity index (χ0n) is 16.7. The Labute approximate surface area is 171 Å². The molecule has 0 spiro atoms. The van der Waals surface area contributed by atoms with Crippen LogP contribution in [0.5, 0.6) is 0 Å². The number of hydrogen-bond acceptors (Lipinski definition) is 5. The van der Waals surface area contributed by atoms with Gasteiger partial charge in [-0.15, -0.1) is 0 Å². The van der Waals surface area contributed by atoms with Crippen molar-refractivity contribution in [1.29, 1.82) is 0 Å². The molecule has 0 fully saturated rings. The number of alkyl halides is 2. The van der Waals surface area contributed by atoms with Crippen LogP contribution in [0.4, 0.5) is 8.78 Å². The topological polar surface area (TPSA) is 106 Å². The molecule has 3 aromatic rings. The third-order valence-corrected chi connectivity index (χ3v) is 4.33. The lowest BCUT2D eigenvalue weighted by molar-refractivity contribution is -0.122. The summed E-state index contributed by atoms with van der Waals surface area (Å²) in [6.45, 7) is 4.27. The van der Waals surface area contributed by atoms with Crippen LogP contribution >= 0.6 is 0 Å². The molecule has 3 rings (SSSR count). The maximum absolute atomic E-state index is 12.4. The van der Waals surface area contributed by atoms with E-state index in [0.717, 1.165) is 0 Å². The van der Waals surface area contributed by atoms with E-state index in [1.807, 2.05) is 13.8 Å². The SMILES string of the molecule is CC(C)n1nccc1C(=O)NCc1cn2ncc(CNC(=O)CCC(F)F)cc2n1. The highest BCUT2D eigenvalue weighted by Gasteiger charge is 2.14. The van der Waals surface area contributed by atoms with Crippen LogP contribution < -0.4 is 10.6 Å². The van der Waals surface area contributed by atoms with E-state index < -0.39 is 18.8 Å².